The Kier molecular flexibility index (Phi) is 3.95. The molecule has 5 nitrogen and oxygen atoms in total. The first kappa shape index (κ1) is 14.5. The monoisotopic (exact) mass is 293 g/mol. The highest BCUT2D eigenvalue weighted by molar-refractivity contribution is 5.53. The van der Waals surface area contributed by atoms with Crippen molar-refractivity contribution in [3.8, 4) is 17.2 Å². The third kappa shape index (κ3) is 2.56. The average Bonchev–Trinajstić information content (AvgIpc) is 2.93. The fourth-order valence-electron chi connectivity index (χ4n) is 3.31. The van der Waals surface area contributed by atoms with Crippen LogP contribution in [0, 0.1) is 0 Å². The summed E-state index contributed by atoms with van der Waals surface area (Å²) < 4.78 is 23.2. The maximum absolute atomic E-state index is 6.34. The first-order chi connectivity index (χ1) is 10.2. The molecule has 0 aromatic heterocycles. The van der Waals surface area contributed by atoms with Crippen molar-refractivity contribution in [3.63, 3.8) is 0 Å². The van der Waals surface area contributed by atoms with Crippen LogP contribution in [-0.4, -0.2) is 39.5 Å². The van der Waals surface area contributed by atoms with E-state index in [4.69, 9.17) is 18.9 Å². The van der Waals surface area contributed by atoms with Crippen molar-refractivity contribution in [2.24, 2.45) is 0 Å². The summed E-state index contributed by atoms with van der Waals surface area (Å²) in [7, 11) is 3.32. The van der Waals surface area contributed by atoms with Gasteiger partial charge in [-0.25, -0.2) is 0 Å². The summed E-state index contributed by atoms with van der Waals surface area (Å²) in [4.78, 5) is 0. The largest absolute Gasteiger partial charge is 0.496 e. The van der Waals surface area contributed by atoms with Crippen LogP contribution in [0.25, 0.3) is 0 Å². The Balaban J connectivity index is 2.05. The van der Waals surface area contributed by atoms with Gasteiger partial charge in [-0.2, -0.15) is 0 Å². The first-order valence-corrected chi connectivity index (χ1v) is 7.48. The molecule has 3 rings (SSSR count). The highest BCUT2D eigenvalue weighted by Crippen LogP contribution is 2.49. The van der Waals surface area contributed by atoms with Crippen LogP contribution in [0.1, 0.15) is 31.4 Å². The van der Waals surface area contributed by atoms with Gasteiger partial charge in [0.15, 0.2) is 0 Å². The zero-order chi connectivity index (χ0) is 14.9. The van der Waals surface area contributed by atoms with Crippen LogP contribution in [0.3, 0.4) is 0 Å². The standard InChI is InChI=1S/C16H23NO4/c1-4-20-14-9-16(5-6-17-10-16)21-13-8-11(18-2)7-12(19-3)15(13)14/h7-8,14,17H,4-6,9-10H2,1-3H3. The Morgan fingerprint density at radius 1 is 1.33 bits per heavy atom. The van der Waals surface area contributed by atoms with E-state index >= 15 is 0 Å². The van der Waals surface area contributed by atoms with E-state index < -0.39 is 0 Å². The van der Waals surface area contributed by atoms with Crippen molar-refractivity contribution in [2.75, 3.05) is 33.9 Å². The predicted molar refractivity (Wildman–Crippen MR) is 79.4 cm³/mol. The van der Waals surface area contributed by atoms with Gasteiger partial charge in [0.05, 0.1) is 25.9 Å². The van der Waals surface area contributed by atoms with Gasteiger partial charge in [-0.1, -0.05) is 0 Å². The average molecular weight is 293 g/mol. The molecule has 0 amide bonds. The number of benzene rings is 1. The number of methoxy groups -OCH3 is 2. The van der Waals surface area contributed by atoms with Crippen LogP contribution in [0.2, 0.25) is 0 Å². The van der Waals surface area contributed by atoms with E-state index in [-0.39, 0.29) is 11.7 Å². The number of nitrogens with one attached hydrogen (secondary N) is 1. The first-order valence-electron chi connectivity index (χ1n) is 7.48. The molecule has 2 heterocycles. The van der Waals surface area contributed by atoms with E-state index in [1.165, 1.54) is 0 Å². The number of fused-ring (bicyclic) bond motifs is 1. The van der Waals surface area contributed by atoms with Crippen LogP contribution in [-0.2, 0) is 4.74 Å². The van der Waals surface area contributed by atoms with Gasteiger partial charge in [-0.3, -0.25) is 0 Å². The molecular weight excluding hydrogens is 270 g/mol. The molecule has 0 aliphatic carbocycles. The molecule has 0 saturated carbocycles. The van der Waals surface area contributed by atoms with Crippen molar-refractivity contribution in [3.05, 3.63) is 17.7 Å². The molecular formula is C16H23NO4. The molecule has 1 aromatic rings. The van der Waals surface area contributed by atoms with Gasteiger partial charge in [-0.15, -0.1) is 0 Å². The number of hydrogen-bond acceptors (Lipinski definition) is 5. The van der Waals surface area contributed by atoms with Gasteiger partial charge in [0.25, 0.3) is 0 Å². The molecule has 1 spiro atoms. The van der Waals surface area contributed by atoms with Crippen LogP contribution >= 0.6 is 0 Å². The maximum atomic E-state index is 6.34. The third-order valence-electron chi connectivity index (χ3n) is 4.31. The van der Waals surface area contributed by atoms with Crippen molar-refractivity contribution < 1.29 is 18.9 Å². The van der Waals surface area contributed by atoms with Crippen LogP contribution in [0.15, 0.2) is 12.1 Å². The second-order valence-corrected chi connectivity index (χ2v) is 5.60. The second kappa shape index (κ2) is 5.73. The SMILES string of the molecule is CCOC1CC2(CCNC2)Oc2cc(OC)cc(OC)c21. The van der Waals surface area contributed by atoms with E-state index in [0.717, 1.165) is 48.7 Å². The predicted octanol–water partition coefficient (Wildman–Crippen LogP) is 2.30. The fourth-order valence-corrected chi connectivity index (χ4v) is 3.31. The van der Waals surface area contributed by atoms with Gasteiger partial charge in [-0.05, 0) is 13.5 Å². The Labute approximate surface area is 125 Å². The molecule has 0 radical (unpaired) electrons. The molecule has 2 aliphatic rings. The van der Waals surface area contributed by atoms with Crippen molar-refractivity contribution >= 4 is 0 Å². The summed E-state index contributed by atoms with van der Waals surface area (Å²) >= 11 is 0. The zero-order valence-corrected chi connectivity index (χ0v) is 12.9. The van der Waals surface area contributed by atoms with Crippen molar-refractivity contribution in [1.29, 1.82) is 0 Å². The molecule has 21 heavy (non-hydrogen) atoms. The van der Waals surface area contributed by atoms with E-state index in [0.29, 0.717) is 6.61 Å². The lowest BCUT2D eigenvalue weighted by Crippen LogP contribution is -2.43. The minimum Gasteiger partial charge on any atom is -0.496 e. The van der Waals surface area contributed by atoms with Gasteiger partial charge in [0.1, 0.15) is 22.8 Å². The summed E-state index contributed by atoms with van der Waals surface area (Å²) in [5.74, 6) is 2.33. The van der Waals surface area contributed by atoms with E-state index in [2.05, 4.69) is 5.32 Å². The summed E-state index contributed by atoms with van der Waals surface area (Å²) in [5, 5.41) is 3.39. The van der Waals surface area contributed by atoms with Crippen LogP contribution in [0.4, 0.5) is 0 Å². The van der Waals surface area contributed by atoms with Gasteiger partial charge < -0.3 is 24.3 Å². The lowest BCUT2D eigenvalue weighted by molar-refractivity contribution is -0.0367. The normalized spacial score (nSPS) is 27.3. The summed E-state index contributed by atoms with van der Waals surface area (Å²) in [6.45, 7) is 4.53. The molecule has 0 bridgehead atoms. The Bertz CT molecular complexity index is 511. The van der Waals surface area contributed by atoms with E-state index in [9.17, 15) is 0 Å². The Morgan fingerprint density at radius 3 is 2.81 bits per heavy atom. The Morgan fingerprint density at radius 2 is 2.19 bits per heavy atom. The highest BCUT2D eigenvalue weighted by atomic mass is 16.5. The highest BCUT2D eigenvalue weighted by Gasteiger charge is 2.45. The lowest BCUT2D eigenvalue weighted by Gasteiger charge is -2.39. The molecule has 2 atom stereocenters. The molecule has 5 heteroatoms. The molecule has 2 unspecified atom stereocenters. The summed E-state index contributed by atoms with van der Waals surface area (Å²) in [5.41, 5.74) is 0.821. The Hall–Kier alpha value is -1.46. The molecule has 1 fully saturated rings. The van der Waals surface area contributed by atoms with Gasteiger partial charge >= 0.3 is 0 Å². The smallest absolute Gasteiger partial charge is 0.133 e. The van der Waals surface area contributed by atoms with Crippen LogP contribution < -0.4 is 19.5 Å². The van der Waals surface area contributed by atoms with E-state index in [1.807, 2.05) is 19.1 Å². The summed E-state index contributed by atoms with van der Waals surface area (Å²) in [6, 6.07) is 3.82. The molecule has 1 saturated heterocycles. The minimum absolute atomic E-state index is 0.000457. The number of hydrogen-bond donors (Lipinski definition) is 1. The molecule has 2 aliphatic heterocycles. The minimum atomic E-state index is -0.176. The second-order valence-electron chi connectivity index (χ2n) is 5.60. The lowest BCUT2D eigenvalue weighted by atomic mass is 9.87. The molecule has 1 aromatic carbocycles. The van der Waals surface area contributed by atoms with Crippen LogP contribution in [0.5, 0.6) is 17.2 Å². The fraction of sp³-hybridized carbons (Fsp3) is 0.625. The third-order valence-corrected chi connectivity index (χ3v) is 4.31. The van der Waals surface area contributed by atoms with Crippen molar-refractivity contribution in [1.82, 2.24) is 5.32 Å². The van der Waals surface area contributed by atoms with Crippen molar-refractivity contribution in [2.45, 2.75) is 31.5 Å². The molecule has 116 valence electrons. The maximum Gasteiger partial charge on any atom is 0.133 e. The summed E-state index contributed by atoms with van der Waals surface area (Å²) in [6.07, 6.45) is 1.85. The van der Waals surface area contributed by atoms with Gasteiger partial charge in [0.2, 0.25) is 0 Å². The number of ether oxygens (including phenoxy) is 4. The zero-order valence-electron chi connectivity index (χ0n) is 12.9. The quantitative estimate of drug-likeness (QED) is 0.923. The number of rotatable bonds is 4. The van der Waals surface area contributed by atoms with E-state index in [1.54, 1.807) is 14.2 Å². The molecule has 1 N–H and O–H groups in total. The van der Waals surface area contributed by atoms with Gasteiger partial charge in [0, 0.05) is 38.1 Å². The topological polar surface area (TPSA) is 49.0 Å².